The average Bonchev–Trinajstić information content (AvgIpc) is 3.37. The number of fused-ring (bicyclic) bond motifs is 2. The van der Waals surface area contributed by atoms with E-state index in [0.717, 1.165) is 12.4 Å². The first kappa shape index (κ1) is 17.1. The van der Waals surface area contributed by atoms with Crippen LogP contribution in [0.1, 0.15) is 25.7 Å². The van der Waals surface area contributed by atoms with Gasteiger partial charge in [0.15, 0.2) is 0 Å². The van der Waals surface area contributed by atoms with Crippen LogP contribution in [0, 0.1) is 5.92 Å². The minimum absolute atomic E-state index is 0.120. The molecule has 2 saturated heterocycles. The third-order valence-corrected chi connectivity index (χ3v) is 5.71. The van der Waals surface area contributed by atoms with Crippen LogP contribution in [0.2, 0.25) is 0 Å². The summed E-state index contributed by atoms with van der Waals surface area (Å²) in [5, 5.41) is 34.2. The predicted octanol–water partition coefficient (Wildman–Crippen LogP) is 2.37. The molecule has 2 aliphatic rings. The van der Waals surface area contributed by atoms with Gasteiger partial charge in [-0.25, -0.2) is 0 Å². The highest BCUT2D eigenvalue weighted by atomic mass is 16.3. The third-order valence-electron chi connectivity index (χ3n) is 5.71. The van der Waals surface area contributed by atoms with Crippen molar-refractivity contribution in [2.75, 3.05) is 11.9 Å². The highest BCUT2D eigenvalue weighted by Gasteiger charge is 2.33. The van der Waals surface area contributed by atoms with Crippen LogP contribution in [0.15, 0.2) is 42.7 Å². The van der Waals surface area contributed by atoms with Gasteiger partial charge >= 0.3 is 0 Å². The van der Waals surface area contributed by atoms with Gasteiger partial charge in [0.05, 0.1) is 23.8 Å². The third kappa shape index (κ3) is 3.43. The summed E-state index contributed by atoms with van der Waals surface area (Å²) in [5.41, 5.74) is 1.95. The topological polar surface area (TPSA) is 101 Å². The second kappa shape index (κ2) is 7.20. The smallest absolute Gasteiger partial charge is 0.148 e. The first-order valence-corrected chi connectivity index (χ1v) is 9.78. The standard InChI is InChI=1S/C20H23N7O/c28-19-11-16(27-22-7-8-23-27)3-4-17(19)18-5-6-20(26-25-18)21-12-13-9-14-1-2-15(10-13)24-14/h3-8,11,13-15,24,28H,1-2,9-10,12H2,(H,21,26). The fourth-order valence-electron chi connectivity index (χ4n) is 4.37. The molecule has 2 aromatic heterocycles. The van der Waals surface area contributed by atoms with Crippen LogP contribution in [-0.4, -0.2) is 48.9 Å². The Bertz CT molecular complexity index is 930. The molecule has 3 N–H and O–H groups in total. The number of benzene rings is 1. The van der Waals surface area contributed by atoms with E-state index >= 15 is 0 Å². The highest BCUT2D eigenvalue weighted by Crippen LogP contribution is 2.31. The molecular weight excluding hydrogens is 354 g/mol. The molecule has 28 heavy (non-hydrogen) atoms. The van der Waals surface area contributed by atoms with E-state index in [2.05, 4.69) is 31.0 Å². The van der Waals surface area contributed by atoms with E-state index < -0.39 is 0 Å². The molecule has 4 heterocycles. The molecule has 3 aromatic rings. The number of nitrogens with one attached hydrogen (secondary N) is 2. The van der Waals surface area contributed by atoms with Gasteiger partial charge in [-0.1, -0.05) is 0 Å². The van der Waals surface area contributed by atoms with E-state index in [0.29, 0.717) is 34.9 Å². The van der Waals surface area contributed by atoms with Gasteiger partial charge in [0, 0.05) is 30.3 Å². The summed E-state index contributed by atoms with van der Waals surface area (Å²) in [4.78, 5) is 1.45. The van der Waals surface area contributed by atoms with Crippen molar-refractivity contribution in [3.63, 3.8) is 0 Å². The summed E-state index contributed by atoms with van der Waals surface area (Å²) in [7, 11) is 0. The Hall–Kier alpha value is -3.00. The van der Waals surface area contributed by atoms with E-state index in [1.165, 1.54) is 30.5 Å². The molecule has 1 aromatic carbocycles. The van der Waals surface area contributed by atoms with Crippen LogP contribution in [0.3, 0.4) is 0 Å². The Labute approximate surface area is 163 Å². The van der Waals surface area contributed by atoms with Crippen LogP contribution in [0.5, 0.6) is 5.75 Å². The Morgan fingerprint density at radius 1 is 1.04 bits per heavy atom. The van der Waals surface area contributed by atoms with Gasteiger partial charge in [0.25, 0.3) is 0 Å². The minimum Gasteiger partial charge on any atom is -0.507 e. The molecule has 0 radical (unpaired) electrons. The lowest BCUT2D eigenvalue weighted by Gasteiger charge is -2.29. The fourth-order valence-corrected chi connectivity index (χ4v) is 4.37. The molecule has 2 bridgehead atoms. The largest absolute Gasteiger partial charge is 0.507 e. The Balaban J connectivity index is 1.25. The first-order chi connectivity index (χ1) is 13.7. The van der Waals surface area contributed by atoms with Gasteiger partial charge in [0.1, 0.15) is 11.6 Å². The van der Waals surface area contributed by atoms with Crippen LogP contribution in [0.25, 0.3) is 16.9 Å². The van der Waals surface area contributed by atoms with E-state index in [1.807, 2.05) is 18.2 Å². The average molecular weight is 377 g/mol. The lowest BCUT2D eigenvalue weighted by molar-refractivity contribution is 0.311. The van der Waals surface area contributed by atoms with Crippen molar-refractivity contribution in [2.24, 2.45) is 5.92 Å². The lowest BCUT2D eigenvalue weighted by Crippen LogP contribution is -2.40. The van der Waals surface area contributed by atoms with Crippen molar-refractivity contribution in [1.29, 1.82) is 0 Å². The molecule has 0 aliphatic carbocycles. The highest BCUT2D eigenvalue weighted by molar-refractivity contribution is 5.68. The molecule has 0 saturated carbocycles. The van der Waals surface area contributed by atoms with Gasteiger partial charge in [-0.2, -0.15) is 15.0 Å². The van der Waals surface area contributed by atoms with Crippen molar-refractivity contribution >= 4 is 5.82 Å². The van der Waals surface area contributed by atoms with Gasteiger partial charge in [-0.15, -0.1) is 10.2 Å². The molecule has 8 heteroatoms. The monoisotopic (exact) mass is 377 g/mol. The molecule has 5 rings (SSSR count). The molecule has 2 atom stereocenters. The Morgan fingerprint density at radius 3 is 2.50 bits per heavy atom. The van der Waals surface area contributed by atoms with Crippen molar-refractivity contribution in [1.82, 2.24) is 30.5 Å². The number of anilines is 1. The van der Waals surface area contributed by atoms with Crippen LogP contribution in [0.4, 0.5) is 5.82 Å². The second-order valence-corrected chi connectivity index (χ2v) is 7.68. The molecule has 0 amide bonds. The quantitative estimate of drug-likeness (QED) is 0.627. The maximum atomic E-state index is 10.4. The molecule has 144 valence electrons. The molecule has 2 aliphatic heterocycles. The zero-order chi connectivity index (χ0) is 18.9. The number of hydrogen-bond acceptors (Lipinski definition) is 7. The summed E-state index contributed by atoms with van der Waals surface area (Å²) in [6, 6.07) is 10.4. The SMILES string of the molecule is Oc1cc(-n2nccn2)ccc1-c1ccc(NCC2CC3CCC(C2)N3)nn1. The van der Waals surface area contributed by atoms with Crippen molar-refractivity contribution in [3.05, 3.63) is 42.7 Å². The predicted molar refractivity (Wildman–Crippen MR) is 105 cm³/mol. The van der Waals surface area contributed by atoms with Crippen molar-refractivity contribution < 1.29 is 5.11 Å². The number of aromatic nitrogens is 5. The normalized spacial score (nSPS) is 23.6. The molecule has 8 nitrogen and oxygen atoms in total. The Morgan fingerprint density at radius 2 is 1.82 bits per heavy atom. The number of piperidine rings is 1. The zero-order valence-corrected chi connectivity index (χ0v) is 15.5. The summed E-state index contributed by atoms with van der Waals surface area (Å²) >= 11 is 0. The van der Waals surface area contributed by atoms with E-state index in [1.54, 1.807) is 24.5 Å². The number of hydrogen-bond donors (Lipinski definition) is 3. The van der Waals surface area contributed by atoms with Gasteiger partial charge in [0.2, 0.25) is 0 Å². The summed E-state index contributed by atoms with van der Waals surface area (Å²) in [5.74, 6) is 1.58. The first-order valence-electron chi connectivity index (χ1n) is 9.78. The number of phenols is 1. The molecule has 2 unspecified atom stereocenters. The van der Waals surface area contributed by atoms with Crippen LogP contribution < -0.4 is 10.6 Å². The minimum atomic E-state index is 0.120. The summed E-state index contributed by atoms with van der Waals surface area (Å²) in [6.45, 7) is 0.930. The maximum Gasteiger partial charge on any atom is 0.148 e. The van der Waals surface area contributed by atoms with Crippen molar-refractivity contribution in [3.8, 4) is 22.7 Å². The van der Waals surface area contributed by atoms with E-state index in [-0.39, 0.29) is 5.75 Å². The fraction of sp³-hybridized carbons (Fsp3) is 0.400. The number of rotatable bonds is 5. The zero-order valence-electron chi connectivity index (χ0n) is 15.5. The van der Waals surface area contributed by atoms with E-state index in [4.69, 9.17) is 0 Å². The summed E-state index contributed by atoms with van der Waals surface area (Å²) in [6.07, 6.45) is 8.29. The number of aromatic hydroxyl groups is 1. The molecule has 0 spiro atoms. The number of phenolic OH excluding ortho intramolecular Hbond substituents is 1. The van der Waals surface area contributed by atoms with Crippen molar-refractivity contribution in [2.45, 2.75) is 37.8 Å². The second-order valence-electron chi connectivity index (χ2n) is 7.68. The van der Waals surface area contributed by atoms with Gasteiger partial charge in [-0.3, -0.25) is 0 Å². The summed E-state index contributed by atoms with van der Waals surface area (Å²) < 4.78 is 0. The van der Waals surface area contributed by atoms with Crippen LogP contribution >= 0.6 is 0 Å². The van der Waals surface area contributed by atoms with Crippen LogP contribution in [-0.2, 0) is 0 Å². The van der Waals surface area contributed by atoms with E-state index in [9.17, 15) is 5.11 Å². The Kier molecular flexibility index (Phi) is 4.40. The van der Waals surface area contributed by atoms with Gasteiger partial charge < -0.3 is 15.7 Å². The molecule has 2 fully saturated rings. The molecular formula is C20H23N7O. The maximum absolute atomic E-state index is 10.4. The van der Waals surface area contributed by atoms with Gasteiger partial charge in [-0.05, 0) is 55.9 Å². The lowest BCUT2D eigenvalue weighted by atomic mass is 9.92. The number of nitrogens with zero attached hydrogens (tertiary/aromatic N) is 5.